The smallest absolute Gasteiger partial charge is 0.225 e. The minimum Gasteiger partial charge on any atom is -0.345 e. The lowest BCUT2D eigenvalue weighted by Gasteiger charge is -2.20. The number of amides is 1. The van der Waals surface area contributed by atoms with E-state index >= 15 is 0 Å². The Bertz CT molecular complexity index is 874. The lowest BCUT2D eigenvalue weighted by atomic mass is 9.98. The molecule has 0 bridgehead atoms. The molecular formula is C24H29N3O. The topological polar surface area (TPSA) is 46.9 Å². The van der Waals surface area contributed by atoms with E-state index in [0.29, 0.717) is 12.3 Å². The highest BCUT2D eigenvalue weighted by molar-refractivity contribution is 5.80. The molecule has 146 valence electrons. The molecule has 0 radical (unpaired) electrons. The molecule has 4 heteroatoms. The van der Waals surface area contributed by atoms with E-state index in [4.69, 9.17) is 0 Å². The highest BCUT2D eigenvalue weighted by Crippen LogP contribution is 2.22. The molecule has 0 aliphatic carbocycles. The van der Waals surface area contributed by atoms with Gasteiger partial charge in [-0.05, 0) is 30.9 Å². The van der Waals surface area contributed by atoms with Gasteiger partial charge >= 0.3 is 0 Å². The number of aryl methyl sites for hydroxylation is 1. The van der Waals surface area contributed by atoms with E-state index in [1.165, 1.54) is 0 Å². The van der Waals surface area contributed by atoms with Crippen LogP contribution in [-0.2, 0) is 17.8 Å². The molecule has 1 heterocycles. The van der Waals surface area contributed by atoms with Crippen LogP contribution in [-0.4, -0.2) is 15.7 Å². The van der Waals surface area contributed by atoms with Crippen molar-refractivity contribution in [2.75, 3.05) is 0 Å². The molecule has 1 N–H and O–H groups in total. The van der Waals surface area contributed by atoms with Gasteiger partial charge in [0.05, 0.1) is 18.2 Å². The standard InChI is InChI=1S/C24H29N3O/c1-17(2)16-27-19(4)22(18(3)26-27)15-23(28)25-24(20-11-7-5-8-12-20)21-13-9-6-10-14-21/h5-14,17,24H,15-16H2,1-4H3,(H,25,28). The molecule has 28 heavy (non-hydrogen) atoms. The first-order valence-electron chi connectivity index (χ1n) is 9.88. The van der Waals surface area contributed by atoms with Gasteiger partial charge in [-0.25, -0.2) is 0 Å². The van der Waals surface area contributed by atoms with E-state index in [1.54, 1.807) is 0 Å². The first kappa shape index (κ1) is 19.9. The summed E-state index contributed by atoms with van der Waals surface area (Å²) in [5.41, 5.74) is 5.19. The number of rotatable bonds is 7. The van der Waals surface area contributed by atoms with Gasteiger partial charge in [-0.2, -0.15) is 5.10 Å². The largest absolute Gasteiger partial charge is 0.345 e. The van der Waals surface area contributed by atoms with Crippen LogP contribution in [0.5, 0.6) is 0 Å². The summed E-state index contributed by atoms with van der Waals surface area (Å²) >= 11 is 0. The lowest BCUT2D eigenvalue weighted by molar-refractivity contribution is -0.121. The molecule has 2 aromatic carbocycles. The van der Waals surface area contributed by atoms with Gasteiger partial charge in [0.25, 0.3) is 0 Å². The molecule has 0 aliphatic heterocycles. The summed E-state index contributed by atoms with van der Waals surface area (Å²) in [6, 6.07) is 20.0. The molecule has 0 fully saturated rings. The maximum Gasteiger partial charge on any atom is 0.225 e. The summed E-state index contributed by atoms with van der Waals surface area (Å²) in [5.74, 6) is 0.522. The zero-order chi connectivity index (χ0) is 20.1. The third-order valence-electron chi connectivity index (χ3n) is 4.98. The normalized spacial score (nSPS) is 11.2. The van der Waals surface area contributed by atoms with Crippen molar-refractivity contribution in [2.45, 2.75) is 46.7 Å². The van der Waals surface area contributed by atoms with E-state index in [0.717, 1.165) is 34.6 Å². The number of hydrogen-bond acceptors (Lipinski definition) is 2. The van der Waals surface area contributed by atoms with Gasteiger partial charge in [0.15, 0.2) is 0 Å². The molecule has 0 saturated heterocycles. The van der Waals surface area contributed by atoms with Crippen LogP contribution in [0.3, 0.4) is 0 Å². The van der Waals surface area contributed by atoms with Gasteiger partial charge < -0.3 is 5.32 Å². The Morgan fingerprint density at radius 3 is 2.00 bits per heavy atom. The monoisotopic (exact) mass is 375 g/mol. The molecule has 0 unspecified atom stereocenters. The second kappa shape index (κ2) is 8.87. The predicted octanol–water partition coefficient (Wildman–Crippen LogP) is 4.60. The first-order valence-corrected chi connectivity index (χ1v) is 9.88. The molecule has 0 spiro atoms. The van der Waals surface area contributed by atoms with E-state index < -0.39 is 0 Å². The van der Waals surface area contributed by atoms with E-state index in [9.17, 15) is 4.79 Å². The third kappa shape index (κ3) is 4.69. The SMILES string of the molecule is Cc1nn(CC(C)C)c(C)c1CC(=O)NC(c1ccccc1)c1ccccc1. The van der Waals surface area contributed by atoms with Crippen LogP contribution in [0.15, 0.2) is 60.7 Å². The van der Waals surface area contributed by atoms with Crippen molar-refractivity contribution in [1.29, 1.82) is 0 Å². The highest BCUT2D eigenvalue weighted by Gasteiger charge is 2.20. The average molecular weight is 376 g/mol. The number of nitrogens with zero attached hydrogens (tertiary/aromatic N) is 2. The molecule has 4 nitrogen and oxygen atoms in total. The van der Waals surface area contributed by atoms with Gasteiger partial charge in [0.2, 0.25) is 5.91 Å². The molecule has 1 amide bonds. The number of carbonyl (C=O) groups is 1. The molecule has 3 aromatic rings. The van der Waals surface area contributed by atoms with E-state index in [2.05, 4.69) is 55.5 Å². The molecule has 0 saturated carbocycles. The van der Waals surface area contributed by atoms with Gasteiger partial charge in [-0.3, -0.25) is 9.48 Å². The second-order valence-electron chi connectivity index (χ2n) is 7.72. The van der Waals surface area contributed by atoms with Crippen molar-refractivity contribution in [3.8, 4) is 0 Å². The molecular weight excluding hydrogens is 346 g/mol. The zero-order valence-corrected chi connectivity index (χ0v) is 17.1. The third-order valence-corrected chi connectivity index (χ3v) is 4.98. The molecule has 0 atom stereocenters. The summed E-state index contributed by atoms with van der Waals surface area (Å²) in [6.07, 6.45) is 0.339. The van der Waals surface area contributed by atoms with Crippen molar-refractivity contribution < 1.29 is 4.79 Å². The summed E-state index contributed by atoms with van der Waals surface area (Å²) in [7, 11) is 0. The summed E-state index contributed by atoms with van der Waals surface area (Å²) in [4.78, 5) is 13.0. The fraction of sp³-hybridized carbons (Fsp3) is 0.333. The van der Waals surface area contributed by atoms with Crippen LogP contribution in [0.2, 0.25) is 0 Å². The predicted molar refractivity (Wildman–Crippen MR) is 113 cm³/mol. The maximum absolute atomic E-state index is 13.0. The van der Waals surface area contributed by atoms with Crippen molar-refractivity contribution in [1.82, 2.24) is 15.1 Å². The van der Waals surface area contributed by atoms with Crippen LogP contribution in [0.4, 0.5) is 0 Å². The van der Waals surface area contributed by atoms with Crippen molar-refractivity contribution in [3.05, 3.63) is 88.7 Å². The number of benzene rings is 2. The van der Waals surface area contributed by atoms with E-state index in [1.807, 2.05) is 48.0 Å². The quantitative estimate of drug-likeness (QED) is 0.656. The Morgan fingerprint density at radius 1 is 0.964 bits per heavy atom. The Hall–Kier alpha value is -2.88. The number of hydrogen-bond donors (Lipinski definition) is 1. The molecule has 3 rings (SSSR count). The fourth-order valence-corrected chi connectivity index (χ4v) is 3.54. The van der Waals surface area contributed by atoms with Crippen LogP contribution in [0.25, 0.3) is 0 Å². The number of aromatic nitrogens is 2. The summed E-state index contributed by atoms with van der Waals surface area (Å²) in [5, 5.41) is 7.86. The van der Waals surface area contributed by atoms with Gasteiger partial charge in [0.1, 0.15) is 0 Å². The van der Waals surface area contributed by atoms with E-state index in [-0.39, 0.29) is 11.9 Å². The van der Waals surface area contributed by atoms with Crippen molar-refractivity contribution in [3.63, 3.8) is 0 Å². The average Bonchev–Trinajstić information content (AvgIpc) is 2.94. The highest BCUT2D eigenvalue weighted by atomic mass is 16.1. The Labute approximate surface area is 167 Å². The first-order chi connectivity index (χ1) is 13.5. The Kier molecular flexibility index (Phi) is 6.30. The summed E-state index contributed by atoms with van der Waals surface area (Å²) in [6.45, 7) is 9.25. The summed E-state index contributed by atoms with van der Waals surface area (Å²) < 4.78 is 2.02. The van der Waals surface area contributed by atoms with Crippen LogP contribution < -0.4 is 5.32 Å². The van der Waals surface area contributed by atoms with Crippen LogP contribution >= 0.6 is 0 Å². The Morgan fingerprint density at radius 2 is 1.50 bits per heavy atom. The second-order valence-corrected chi connectivity index (χ2v) is 7.72. The molecule has 1 aromatic heterocycles. The van der Waals surface area contributed by atoms with Crippen molar-refractivity contribution in [2.24, 2.45) is 5.92 Å². The Balaban J connectivity index is 1.81. The maximum atomic E-state index is 13.0. The minimum absolute atomic E-state index is 0.00741. The fourth-order valence-electron chi connectivity index (χ4n) is 3.54. The minimum atomic E-state index is -0.166. The van der Waals surface area contributed by atoms with Crippen LogP contribution in [0, 0.1) is 19.8 Å². The number of nitrogens with one attached hydrogen (secondary N) is 1. The lowest BCUT2D eigenvalue weighted by Crippen LogP contribution is -2.30. The van der Waals surface area contributed by atoms with Crippen molar-refractivity contribution >= 4 is 5.91 Å². The molecule has 0 aliphatic rings. The number of carbonyl (C=O) groups excluding carboxylic acids is 1. The van der Waals surface area contributed by atoms with Gasteiger partial charge in [-0.15, -0.1) is 0 Å². The van der Waals surface area contributed by atoms with Gasteiger partial charge in [-0.1, -0.05) is 74.5 Å². The zero-order valence-electron chi connectivity index (χ0n) is 17.1. The van der Waals surface area contributed by atoms with Gasteiger partial charge in [0, 0.05) is 17.8 Å². The van der Waals surface area contributed by atoms with Crippen LogP contribution in [0.1, 0.15) is 48.0 Å².